The number of nitrogens with zero attached hydrogens (tertiary/aromatic N) is 2. The number of aromatic nitrogens is 2. The minimum atomic E-state index is -0.717. The summed E-state index contributed by atoms with van der Waals surface area (Å²) in [5.41, 5.74) is 2.79. The zero-order valence-corrected chi connectivity index (χ0v) is 13.3. The van der Waals surface area contributed by atoms with E-state index in [-0.39, 0.29) is 0 Å². The third kappa shape index (κ3) is 3.27. The lowest BCUT2D eigenvalue weighted by Gasteiger charge is -2.16. The highest BCUT2D eigenvalue weighted by Crippen LogP contribution is 2.25. The second kappa shape index (κ2) is 6.67. The predicted molar refractivity (Wildman–Crippen MR) is 89.6 cm³/mol. The van der Waals surface area contributed by atoms with Crippen LogP contribution in [-0.2, 0) is 6.54 Å². The fraction of sp³-hybridized carbons (Fsp3) is 0.211. The Balaban J connectivity index is 1.90. The van der Waals surface area contributed by atoms with Gasteiger partial charge in [0, 0.05) is 6.54 Å². The van der Waals surface area contributed by atoms with Gasteiger partial charge in [-0.3, -0.25) is 0 Å². The second-order valence-corrected chi connectivity index (χ2v) is 5.48. The van der Waals surface area contributed by atoms with Crippen LogP contribution in [0.15, 0.2) is 60.8 Å². The van der Waals surface area contributed by atoms with Gasteiger partial charge in [0.15, 0.2) is 0 Å². The Labute approximate surface area is 136 Å². The van der Waals surface area contributed by atoms with Gasteiger partial charge in [0.2, 0.25) is 0 Å². The molecule has 0 unspecified atom stereocenters. The predicted octanol–water partition coefficient (Wildman–Crippen LogP) is 3.33. The number of ether oxygens (including phenoxy) is 1. The van der Waals surface area contributed by atoms with E-state index in [4.69, 9.17) is 4.74 Å². The molecule has 0 saturated carbocycles. The molecule has 0 bridgehead atoms. The zero-order chi connectivity index (χ0) is 16.2. The summed E-state index contributed by atoms with van der Waals surface area (Å²) in [6, 6.07) is 17.6. The van der Waals surface area contributed by atoms with E-state index in [2.05, 4.69) is 17.1 Å². The molecule has 2 aromatic carbocycles. The molecular formula is C19H20N2O2. The van der Waals surface area contributed by atoms with E-state index in [9.17, 15) is 5.11 Å². The SMILES string of the molecule is COc1ccc([C@H](O)c2cnc(C)n2Cc2ccccc2)cc1. The third-order valence-corrected chi connectivity index (χ3v) is 3.98. The maximum atomic E-state index is 10.7. The van der Waals surface area contributed by atoms with Crippen LogP contribution in [0, 0.1) is 6.92 Å². The highest BCUT2D eigenvalue weighted by molar-refractivity contribution is 5.32. The largest absolute Gasteiger partial charge is 0.497 e. The number of benzene rings is 2. The first-order valence-electron chi connectivity index (χ1n) is 7.57. The smallest absolute Gasteiger partial charge is 0.121 e. The van der Waals surface area contributed by atoms with Crippen molar-refractivity contribution >= 4 is 0 Å². The topological polar surface area (TPSA) is 47.3 Å². The highest BCUT2D eigenvalue weighted by Gasteiger charge is 2.17. The lowest BCUT2D eigenvalue weighted by Crippen LogP contribution is -2.11. The number of aliphatic hydroxyl groups excluding tert-OH is 1. The molecule has 0 fully saturated rings. The van der Waals surface area contributed by atoms with Crippen LogP contribution in [0.1, 0.15) is 28.7 Å². The van der Waals surface area contributed by atoms with Crippen molar-refractivity contribution in [1.82, 2.24) is 9.55 Å². The summed E-state index contributed by atoms with van der Waals surface area (Å²) in [5.74, 6) is 1.66. The number of hydrogen-bond acceptors (Lipinski definition) is 3. The molecule has 23 heavy (non-hydrogen) atoms. The van der Waals surface area contributed by atoms with Crippen LogP contribution in [0.5, 0.6) is 5.75 Å². The molecule has 3 aromatic rings. The molecular weight excluding hydrogens is 288 g/mol. The third-order valence-electron chi connectivity index (χ3n) is 3.98. The van der Waals surface area contributed by atoms with Crippen molar-refractivity contribution in [2.75, 3.05) is 7.11 Å². The fourth-order valence-electron chi connectivity index (χ4n) is 2.63. The lowest BCUT2D eigenvalue weighted by molar-refractivity contribution is 0.210. The molecule has 4 heteroatoms. The summed E-state index contributed by atoms with van der Waals surface area (Å²) in [7, 11) is 1.63. The normalized spacial score (nSPS) is 12.1. The Kier molecular flexibility index (Phi) is 4.44. The summed E-state index contributed by atoms with van der Waals surface area (Å²) in [5, 5.41) is 10.7. The van der Waals surface area contributed by atoms with Crippen LogP contribution >= 0.6 is 0 Å². The average molecular weight is 308 g/mol. The van der Waals surface area contributed by atoms with E-state index in [1.54, 1.807) is 13.3 Å². The van der Waals surface area contributed by atoms with Crippen molar-refractivity contribution in [2.45, 2.75) is 19.6 Å². The number of imidazole rings is 1. The van der Waals surface area contributed by atoms with E-state index in [1.165, 1.54) is 5.56 Å². The van der Waals surface area contributed by atoms with Crippen LogP contribution < -0.4 is 4.74 Å². The molecule has 1 N–H and O–H groups in total. The van der Waals surface area contributed by atoms with E-state index >= 15 is 0 Å². The molecule has 1 atom stereocenters. The number of methoxy groups -OCH3 is 1. The summed E-state index contributed by atoms with van der Waals surface area (Å²) in [4.78, 5) is 4.37. The number of aryl methyl sites for hydroxylation is 1. The molecule has 0 aliphatic rings. The van der Waals surface area contributed by atoms with Gasteiger partial charge in [-0.2, -0.15) is 0 Å². The Morgan fingerprint density at radius 3 is 2.43 bits per heavy atom. The van der Waals surface area contributed by atoms with Crippen molar-refractivity contribution in [2.24, 2.45) is 0 Å². The van der Waals surface area contributed by atoms with Gasteiger partial charge < -0.3 is 14.4 Å². The van der Waals surface area contributed by atoms with Crippen LogP contribution in [-0.4, -0.2) is 21.8 Å². The van der Waals surface area contributed by atoms with E-state index in [0.29, 0.717) is 6.54 Å². The maximum Gasteiger partial charge on any atom is 0.121 e. The molecule has 0 amide bonds. The lowest BCUT2D eigenvalue weighted by atomic mass is 10.1. The molecule has 4 nitrogen and oxygen atoms in total. The minimum Gasteiger partial charge on any atom is -0.497 e. The Bertz CT molecular complexity index is 764. The quantitative estimate of drug-likeness (QED) is 0.786. The summed E-state index contributed by atoms with van der Waals surface area (Å²) in [6.45, 7) is 2.64. The Hall–Kier alpha value is -2.59. The van der Waals surface area contributed by atoms with Crippen LogP contribution in [0.2, 0.25) is 0 Å². The van der Waals surface area contributed by atoms with Crippen LogP contribution in [0.3, 0.4) is 0 Å². The van der Waals surface area contributed by atoms with Gasteiger partial charge in [0.25, 0.3) is 0 Å². The van der Waals surface area contributed by atoms with Gasteiger partial charge in [-0.1, -0.05) is 42.5 Å². The van der Waals surface area contributed by atoms with Gasteiger partial charge in [-0.15, -0.1) is 0 Å². The van der Waals surface area contributed by atoms with Crippen molar-refractivity contribution in [3.63, 3.8) is 0 Å². The zero-order valence-electron chi connectivity index (χ0n) is 13.3. The Morgan fingerprint density at radius 2 is 1.78 bits per heavy atom. The van der Waals surface area contributed by atoms with Gasteiger partial charge in [0.05, 0.1) is 19.0 Å². The van der Waals surface area contributed by atoms with Crippen molar-refractivity contribution < 1.29 is 9.84 Å². The standard InChI is InChI=1S/C19H20N2O2/c1-14-20-12-18(21(14)13-15-6-4-3-5-7-15)19(22)16-8-10-17(23-2)11-9-16/h3-12,19,22H,13H2,1-2H3/t19-/m0/s1. The first kappa shape index (κ1) is 15.3. The minimum absolute atomic E-state index is 0.690. The number of hydrogen-bond donors (Lipinski definition) is 1. The molecule has 1 aromatic heterocycles. The van der Waals surface area contributed by atoms with E-state index in [1.807, 2.05) is 54.0 Å². The second-order valence-electron chi connectivity index (χ2n) is 5.48. The van der Waals surface area contributed by atoms with E-state index < -0.39 is 6.10 Å². The van der Waals surface area contributed by atoms with Crippen LogP contribution in [0.25, 0.3) is 0 Å². The monoisotopic (exact) mass is 308 g/mol. The molecule has 118 valence electrons. The van der Waals surface area contributed by atoms with Gasteiger partial charge >= 0.3 is 0 Å². The first-order chi connectivity index (χ1) is 11.2. The molecule has 3 rings (SSSR count). The summed E-state index contributed by atoms with van der Waals surface area (Å²) in [6.07, 6.45) is 1.03. The van der Waals surface area contributed by atoms with Gasteiger partial charge in [-0.25, -0.2) is 4.98 Å². The molecule has 0 aliphatic heterocycles. The van der Waals surface area contributed by atoms with Crippen molar-refractivity contribution in [3.8, 4) is 5.75 Å². The first-order valence-corrected chi connectivity index (χ1v) is 7.57. The average Bonchev–Trinajstić information content (AvgIpc) is 2.96. The Morgan fingerprint density at radius 1 is 1.09 bits per heavy atom. The molecule has 0 saturated heterocycles. The van der Waals surface area contributed by atoms with Crippen molar-refractivity contribution in [3.05, 3.63) is 83.4 Å². The summed E-state index contributed by atoms with van der Waals surface area (Å²) < 4.78 is 7.21. The maximum absolute atomic E-state index is 10.7. The fourth-order valence-corrected chi connectivity index (χ4v) is 2.63. The molecule has 0 radical (unpaired) electrons. The molecule has 1 heterocycles. The van der Waals surface area contributed by atoms with E-state index in [0.717, 1.165) is 22.8 Å². The van der Waals surface area contributed by atoms with Gasteiger partial charge in [0.1, 0.15) is 17.7 Å². The number of aliphatic hydroxyl groups is 1. The summed E-state index contributed by atoms with van der Waals surface area (Å²) >= 11 is 0. The van der Waals surface area contributed by atoms with Crippen molar-refractivity contribution in [1.29, 1.82) is 0 Å². The molecule has 0 aliphatic carbocycles. The van der Waals surface area contributed by atoms with Gasteiger partial charge in [-0.05, 0) is 30.2 Å². The highest BCUT2D eigenvalue weighted by atomic mass is 16.5. The molecule has 0 spiro atoms. The van der Waals surface area contributed by atoms with Crippen LogP contribution in [0.4, 0.5) is 0 Å². The number of rotatable bonds is 5.